The summed E-state index contributed by atoms with van der Waals surface area (Å²) in [5.41, 5.74) is 7.18. The number of rotatable bonds is 0. The number of benzene rings is 1. The molecular formula is C27H30N2O4. The third-order valence-electron chi connectivity index (χ3n) is 8.55. The lowest BCUT2D eigenvalue weighted by Crippen LogP contribution is -2.45. The van der Waals surface area contributed by atoms with Crippen LogP contribution in [0.4, 0.5) is 0 Å². The number of carbonyl (C=O) groups is 1. The highest BCUT2D eigenvalue weighted by Crippen LogP contribution is 2.46. The van der Waals surface area contributed by atoms with Crippen LogP contribution in [0.25, 0.3) is 22.3 Å². The molecule has 6 heteroatoms. The predicted octanol–water partition coefficient (Wildman–Crippen LogP) is 4.26. The van der Waals surface area contributed by atoms with Crippen LogP contribution in [0.1, 0.15) is 65.3 Å². The van der Waals surface area contributed by atoms with Gasteiger partial charge in [0.2, 0.25) is 0 Å². The van der Waals surface area contributed by atoms with E-state index in [1.54, 1.807) is 25.3 Å². The number of hydrogen-bond acceptors (Lipinski definition) is 5. The molecule has 3 aromatic rings. The van der Waals surface area contributed by atoms with Gasteiger partial charge in [-0.2, -0.15) is 0 Å². The summed E-state index contributed by atoms with van der Waals surface area (Å²) in [7, 11) is 0. The molecule has 0 radical (unpaired) electrons. The molecule has 6 nitrogen and oxygen atoms in total. The van der Waals surface area contributed by atoms with Crippen molar-refractivity contribution in [1.82, 2.24) is 9.55 Å². The summed E-state index contributed by atoms with van der Waals surface area (Å²) in [6.07, 6.45) is 0. The van der Waals surface area contributed by atoms with Gasteiger partial charge in [-0.3, -0.25) is 9.59 Å². The highest BCUT2D eigenvalue weighted by Gasteiger charge is 2.51. The molecule has 0 amide bonds. The van der Waals surface area contributed by atoms with E-state index in [2.05, 4.69) is 34.6 Å². The molecule has 1 N–H and O–H groups in total. The van der Waals surface area contributed by atoms with Crippen molar-refractivity contribution in [3.8, 4) is 11.4 Å². The number of pyridine rings is 2. The van der Waals surface area contributed by atoms with Gasteiger partial charge in [0.15, 0.2) is 0 Å². The van der Waals surface area contributed by atoms with Crippen LogP contribution < -0.4 is 5.56 Å². The van der Waals surface area contributed by atoms with Crippen LogP contribution in [0.15, 0.2) is 10.9 Å². The number of fused-ring (bicyclic) bond motifs is 5. The topological polar surface area (TPSA) is 81.4 Å². The Balaban J connectivity index is 1.87. The predicted molar refractivity (Wildman–Crippen MR) is 127 cm³/mol. The van der Waals surface area contributed by atoms with Crippen molar-refractivity contribution in [1.29, 1.82) is 0 Å². The number of nitrogens with zero attached hydrogens (tertiary/aromatic N) is 2. The van der Waals surface area contributed by atoms with E-state index in [0.717, 1.165) is 33.3 Å². The zero-order chi connectivity index (χ0) is 24.2. The van der Waals surface area contributed by atoms with Crippen molar-refractivity contribution in [2.45, 2.75) is 74.1 Å². The summed E-state index contributed by atoms with van der Waals surface area (Å²) in [5, 5.41) is 12.7. The molecule has 1 atom stereocenters. The molecule has 2 aliphatic rings. The molecule has 33 heavy (non-hydrogen) atoms. The van der Waals surface area contributed by atoms with E-state index >= 15 is 0 Å². The minimum atomic E-state index is -1.57. The third kappa shape index (κ3) is 2.56. The van der Waals surface area contributed by atoms with Crippen molar-refractivity contribution in [2.75, 3.05) is 0 Å². The van der Waals surface area contributed by atoms with Crippen molar-refractivity contribution in [3.63, 3.8) is 0 Å². The fourth-order valence-electron chi connectivity index (χ4n) is 5.43. The van der Waals surface area contributed by atoms with E-state index in [1.165, 1.54) is 16.7 Å². The largest absolute Gasteiger partial charge is 0.460 e. The summed E-state index contributed by atoms with van der Waals surface area (Å²) in [6, 6.07) is 1.84. The molecule has 0 saturated carbocycles. The van der Waals surface area contributed by atoms with Crippen LogP contribution in [0.2, 0.25) is 0 Å². The molecule has 0 spiro atoms. The van der Waals surface area contributed by atoms with Gasteiger partial charge in [0.25, 0.3) is 5.56 Å². The normalized spacial score (nSPS) is 20.8. The van der Waals surface area contributed by atoms with Gasteiger partial charge in [-0.15, -0.1) is 0 Å². The summed E-state index contributed by atoms with van der Waals surface area (Å²) in [5.74, 6) is -0.523. The molecule has 5 rings (SSSR count). The SMILES string of the molecule is Cc1c(C)c(C)c2c(C)c3c(nc2c1C)-c1cc2c(c(=O)n1C3)COC(=O)C(C)(C)C2(C)O. The minimum Gasteiger partial charge on any atom is -0.460 e. The van der Waals surface area contributed by atoms with Gasteiger partial charge < -0.3 is 14.4 Å². The highest BCUT2D eigenvalue weighted by atomic mass is 16.5. The third-order valence-corrected chi connectivity index (χ3v) is 8.55. The average Bonchev–Trinajstić information content (AvgIpc) is 3.11. The maximum atomic E-state index is 13.6. The van der Waals surface area contributed by atoms with Crippen LogP contribution >= 0.6 is 0 Å². The summed E-state index contributed by atoms with van der Waals surface area (Å²) >= 11 is 0. The number of carbonyl (C=O) groups excluding carboxylic acids is 1. The molecule has 172 valence electrons. The Morgan fingerprint density at radius 3 is 2.24 bits per heavy atom. The van der Waals surface area contributed by atoms with Gasteiger partial charge in [-0.05, 0) is 94.8 Å². The molecule has 0 bridgehead atoms. The number of ether oxygens (including phenoxy) is 1. The molecule has 1 aromatic carbocycles. The van der Waals surface area contributed by atoms with E-state index in [-0.39, 0.29) is 12.2 Å². The summed E-state index contributed by atoms with van der Waals surface area (Å²) in [6.45, 7) is 15.8. The van der Waals surface area contributed by atoms with Crippen LogP contribution in [-0.4, -0.2) is 20.6 Å². The van der Waals surface area contributed by atoms with Gasteiger partial charge in [0.05, 0.1) is 34.4 Å². The fourth-order valence-corrected chi connectivity index (χ4v) is 5.43. The Morgan fingerprint density at radius 1 is 0.939 bits per heavy atom. The number of aliphatic hydroxyl groups is 1. The first-order valence-corrected chi connectivity index (χ1v) is 11.4. The lowest BCUT2D eigenvalue weighted by atomic mass is 9.71. The maximum Gasteiger partial charge on any atom is 0.315 e. The molecule has 0 saturated heterocycles. The van der Waals surface area contributed by atoms with Crippen molar-refractivity contribution in [3.05, 3.63) is 60.9 Å². The number of esters is 1. The van der Waals surface area contributed by atoms with E-state index in [4.69, 9.17) is 9.72 Å². The molecular weight excluding hydrogens is 416 g/mol. The second-order valence-corrected chi connectivity index (χ2v) is 10.4. The van der Waals surface area contributed by atoms with Gasteiger partial charge in [-0.25, -0.2) is 4.98 Å². The number of cyclic esters (lactones) is 1. The maximum absolute atomic E-state index is 13.6. The standard InChI is InChI=1S/C27H30N2O4/c1-12-13(2)15(4)22-21(14(12)3)16(5)17-10-29-20(23(17)28-22)9-19-18(24(29)30)11-33-25(31)26(6,7)27(19,8)32/h9,32H,10-11H2,1-8H3. The van der Waals surface area contributed by atoms with E-state index in [9.17, 15) is 14.7 Å². The number of aryl methyl sites for hydroxylation is 3. The Labute approximate surface area is 193 Å². The van der Waals surface area contributed by atoms with E-state index < -0.39 is 17.0 Å². The lowest BCUT2D eigenvalue weighted by molar-refractivity contribution is -0.169. The first kappa shape index (κ1) is 21.8. The second kappa shape index (κ2) is 6.54. The van der Waals surface area contributed by atoms with Gasteiger partial charge in [0, 0.05) is 10.9 Å². The lowest BCUT2D eigenvalue weighted by Gasteiger charge is -2.36. The Bertz CT molecular complexity index is 1470. The Kier molecular flexibility index (Phi) is 4.32. The smallest absolute Gasteiger partial charge is 0.315 e. The van der Waals surface area contributed by atoms with Crippen molar-refractivity contribution >= 4 is 16.9 Å². The van der Waals surface area contributed by atoms with E-state index in [0.29, 0.717) is 23.4 Å². The van der Waals surface area contributed by atoms with Crippen LogP contribution in [0.5, 0.6) is 0 Å². The zero-order valence-electron chi connectivity index (χ0n) is 20.6. The molecule has 2 aliphatic heterocycles. The second-order valence-electron chi connectivity index (χ2n) is 10.4. The number of hydrogen-bond donors (Lipinski definition) is 1. The van der Waals surface area contributed by atoms with Gasteiger partial charge in [-0.1, -0.05) is 0 Å². The van der Waals surface area contributed by atoms with Crippen molar-refractivity contribution < 1.29 is 14.6 Å². The zero-order valence-corrected chi connectivity index (χ0v) is 20.6. The fraction of sp³-hybridized carbons (Fsp3) is 0.444. The van der Waals surface area contributed by atoms with Gasteiger partial charge in [0.1, 0.15) is 12.2 Å². The number of aromatic nitrogens is 2. The van der Waals surface area contributed by atoms with Crippen molar-refractivity contribution in [2.24, 2.45) is 5.41 Å². The highest BCUT2D eigenvalue weighted by molar-refractivity contribution is 5.94. The Hall–Kier alpha value is -2.99. The molecule has 1 unspecified atom stereocenters. The van der Waals surface area contributed by atoms with Crippen LogP contribution in [-0.2, 0) is 28.3 Å². The monoisotopic (exact) mass is 446 g/mol. The van der Waals surface area contributed by atoms with Crippen LogP contribution in [0.3, 0.4) is 0 Å². The first-order chi connectivity index (χ1) is 15.3. The van der Waals surface area contributed by atoms with E-state index in [1.807, 2.05) is 6.07 Å². The molecule has 0 aliphatic carbocycles. The molecule has 4 heterocycles. The average molecular weight is 447 g/mol. The first-order valence-electron chi connectivity index (χ1n) is 11.4. The molecule has 0 fully saturated rings. The molecule has 2 aromatic heterocycles. The van der Waals surface area contributed by atoms with Crippen LogP contribution in [0, 0.1) is 40.0 Å². The van der Waals surface area contributed by atoms with Gasteiger partial charge >= 0.3 is 5.97 Å². The Morgan fingerprint density at radius 2 is 1.58 bits per heavy atom. The summed E-state index contributed by atoms with van der Waals surface area (Å²) in [4.78, 5) is 31.3. The quantitative estimate of drug-likeness (QED) is 0.408. The minimum absolute atomic E-state index is 0.145. The summed E-state index contributed by atoms with van der Waals surface area (Å²) < 4.78 is 7.12.